The fourth-order valence-electron chi connectivity index (χ4n) is 4.37. The van der Waals surface area contributed by atoms with Gasteiger partial charge in [-0.1, -0.05) is 54.6 Å². The molecule has 1 amide bonds. The molecule has 1 unspecified atom stereocenters. The minimum Gasteiger partial charge on any atom is -0.460 e. The first kappa shape index (κ1) is 24.0. The van der Waals surface area contributed by atoms with E-state index in [4.69, 9.17) is 9.15 Å². The highest BCUT2D eigenvalue weighted by Crippen LogP contribution is 2.29. The zero-order chi connectivity index (χ0) is 25.9. The van der Waals surface area contributed by atoms with Gasteiger partial charge in [-0.05, 0) is 68.3 Å². The first-order chi connectivity index (χ1) is 17.9. The standard InChI is InChI=1S/C31H26N2O4/c1-19-15-20(2)17-23(16-19)32-30(34)29(22-9-5-4-6-10-22)37-31(35)25-18-27(28-14-13-21(3)36-28)33-26-12-8-7-11-24(25)26/h4-18,29H,1-3H3,(H,32,34). The second-order valence-electron chi connectivity index (χ2n) is 9.04. The number of carbonyl (C=O) groups is 2. The first-order valence-electron chi connectivity index (χ1n) is 12.0. The number of furan rings is 1. The number of aryl methyl sites for hydroxylation is 3. The number of anilines is 1. The van der Waals surface area contributed by atoms with Crippen LogP contribution in [0, 0.1) is 20.8 Å². The van der Waals surface area contributed by atoms with E-state index in [2.05, 4.69) is 10.3 Å². The molecule has 0 saturated carbocycles. The molecular formula is C31H26N2O4. The van der Waals surface area contributed by atoms with E-state index in [1.165, 1.54) is 0 Å². The maximum Gasteiger partial charge on any atom is 0.340 e. The van der Waals surface area contributed by atoms with Gasteiger partial charge in [-0.3, -0.25) is 4.79 Å². The summed E-state index contributed by atoms with van der Waals surface area (Å²) in [5.41, 5.74) is 4.68. The van der Waals surface area contributed by atoms with Crippen LogP contribution in [0.15, 0.2) is 95.4 Å². The number of aromatic nitrogens is 1. The number of hydrogen-bond donors (Lipinski definition) is 1. The Hall–Kier alpha value is -4.71. The van der Waals surface area contributed by atoms with E-state index in [1.807, 2.05) is 81.4 Å². The van der Waals surface area contributed by atoms with E-state index < -0.39 is 18.0 Å². The summed E-state index contributed by atoms with van der Waals surface area (Å²) >= 11 is 0. The van der Waals surface area contributed by atoms with Crippen molar-refractivity contribution in [3.8, 4) is 11.5 Å². The van der Waals surface area contributed by atoms with E-state index in [9.17, 15) is 9.59 Å². The second kappa shape index (κ2) is 10.1. The summed E-state index contributed by atoms with van der Waals surface area (Å²) in [6, 6.07) is 27.4. The maximum absolute atomic E-state index is 13.6. The lowest BCUT2D eigenvalue weighted by molar-refractivity contribution is -0.125. The van der Waals surface area contributed by atoms with Crippen LogP contribution in [0.5, 0.6) is 0 Å². The minimum absolute atomic E-state index is 0.301. The molecule has 37 heavy (non-hydrogen) atoms. The molecule has 5 aromatic rings. The summed E-state index contributed by atoms with van der Waals surface area (Å²) in [6.07, 6.45) is -1.16. The van der Waals surface area contributed by atoms with Crippen LogP contribution in [0.1, 0.15) is 38.9 Å². The van der Waals surface area contributed by atoms with Gasteiger partial charge in [-0.2, -0.15) is 0 Å². The minimum atomic E-state index is -1.16. The quantitative estimate of drug-likeness (QED) is 0.260. The number of para-hydroxylation sites is 1. The monoisotopic (exact) mass is 490 g/mol. The average molecular weight is 491 g/mol. The van der Waals surface area contributed by atoms with Crippen molar-refractivity contribution in [1.82, 2.24) is 4.98 Å². The van der Waals surface area contributed by atoms with Crippen LogP contribution >= 0.6 is 0 Å². The Morgan fingerprint density at radius 1 is 0.838 bits per heavy atom. The van der Waals surface area contributed by atoms with Crippen LogP contribution in [-0.4, -0.2) is 16.9 Å². The molecule has 3 aromatic carbocycles. The summed E-state index contributed by atoms with van der Waals surface area (Å²) in [6.45, 7) is 5.77. The zero-order valence-corrected chi connectivity index (χ0v) is 20.8. The van der Waals surface area contributed by atoms with E-state index in [-0.39, 0.29) is 0 Å². The Bertz CT molecular complexity index is 1580. The van der Waals surface area contributed by atoms with Gasteiger partial charge in [-0.25, -0.2) is 9.78 Å². The highest BCUT2D eigenvalue weighted by Gasteiger charge is 2.27. The number of carbonyl (C=O) groups excluding carboxylic acids is 2. The van der Waals surface area contributed by atoms with Crippen molar-refractivity contribution in [2.24, 2.45) is 0 Å². The van der Waals surface area contributed by atoms with Crippen molar-refractivity contribution in [3.05, 3.63) is 119 Å². The summed E-state index contributed by atoms with van der Waals surface area (Å²) in [5, 5.41) is 3.54. The molecule has 0 aliphatic heterocycles. The second-order valence-corrected chi connectivity index (χ2v) is 9.04. The number of nitrogens with zero attached hydrogens (tertiary/aromatic N) is 1. The zero-order valence-electron chi connectivity index (χ0n) is 20.8. The fraction of sp³-hybridized carbons (Fsp3) is 0.129. The van der Waals surface area contributed by atoms with Gasteiger partial charge >= 0.3 is 5.97 Å². The normalized spacial score (nSPS) is 11.8. The highest BCUT2D eigenvalue weighted by molar-refractivity contribution is 6.06. The largest absolute Gasteiger partial charge is 0.460 e. The van der Waals surface area contributed by atoms with E-state index >= 15 is 0 Å². The smallest absolute Gasteiger partial charge is 0.340 e. The van der Waals surface area contributed by atoms with Crippen LogP contribution in [0.25, 0.3) is 22.4 Å². The number of rotatable bonds is 6. The fourth-order valence-corrected chi connectivity index (χ4v) is 4.37. The van der Waals surface area contributed by atoms with Gasteiger partial charge in [0.15, 0.2) is 5.76 Å². The average Bonchev–Trinajstić information content (AvgIpc) is 3.32. The number of hydrogen-bond acceptors (Lipinski definition) is 5. The topological polar surface area (TPSA) is 81.4 Å². The molecular weight excluding hydrogens is 464 g/mol. The number of esters is 1. The van der Waals surface area contributed by atoms with Crippen LogP contribution in [0.3, 0.4) is 0 Å². The van der Waals surface area contributed by atoms with Gasteiger partial charge in [0.2, 0.25) is 6.10 Å². The van der Waals surface area contributed by atoms with E-state index in [0.29, 0.717) is 39.2 Å². The van der Waals surface area contributed by atoms with Crippen LogP contribution in [0.2, 0.25) is 0 Å². The van der Waals surface area contributed by atoms with Crippen molar-refractivity contribution < 1.29 is 18.7 Å². The molecule has 6 nitrogen and oxygen atoms in total. The summed E-state index contributed by atoms with van der Waals surface area (Å²) in [7, 11) is 0. The van der Waals surface area contributed by atoms with E-state index in [0.717, 1.165) is 16.9 Å². The number of amides is 1. The molecule has 1 atom stereocenters. The molecule has 0 fully saturated rings. The SMILES string of the molecule is Cc1cc(C)cc(NC(=O)C(OC(=O)c2cc(-c3ccc(C)o3)nc3ccccc23)c2ccccc2)c1. The molecule has 0 saturated heterocycles. The molecule has 0 radical (unpaired) electrons. The molecule has 0 bridgehead atoms. The van der Waals surface area contributed by atoms with Gasteiger partial charge < -0.3 is 14.5 Å². The van der Waals surface area contributed by atoms with Crippen molar-refractivity contribution >= 4 is 28.5 Å². The van der Waals surface area contributed by atoms with Gasteiger partial charge in [0.05, 0.1) is 11.1 Å². The Morgan fingerprint density at radius 2 is 1.54 bits per heavy atom. The van der Waals surface area contributed by atoms with Crippen molar-refractivity contribution in [3.63, 3.8) is 0 Å². The van der Waals surface area contributed by atoms with Crippen LogP contribution in [0.4, 0.5) is 5.69 Å². The maximum atomic E-state index is 13.6. The number of benzene rings is 3. The van der Waals surface area contributed by atoms with Gasteiger partial charge in [0.25, 0.3) is 5.91 Å². The molecule has 1 N–H and O–H groups in total. The molecule has 2 aromatic heterocycles. The lowest BCUT2D eigenvalue weighted by Gasteiger charge is -2.19. The lowest BCUT2D eigenvalue weighted by Crippen LogP contribution is -2.26. The summed E-state index contributed by atoms with van der Waals surface area (Å²) in [4.78, 5) is 31.7. The summed E-state index contributed by atoms with van der Waals surface area (Å²) in [5.74, 6) is 0.211. The number of pyridine rings is 1. The van der Waals surface area contributed by atoms with E-state index in [1.54, 1.807) is 30.3 Å². The number of ether oxygens (including phenoxy) is 1. The third-order valence-electron chi connectivity index (χ3n) is 5.98. The van der Waals surface area contributed by atoms with Gasteiger partial charge in [-0.15, -0.1) is 0 Å². The predicted octanol–water partition coefficient (Wildman–Crippen LogP) is 6.96. The Morgan fingerprint density at radius 3 is 2.24 bits per heavy atom. The molecule has 0 aliphatic rings. The molecule has 184 valence electrons. The third-order valence-corrected chi connectivity index (χ3v) is 5.98. The Labute approximate surface area is 214 Å². The Balaban J connectivity index is 1.52. The molecule has 5 rings (SSSR count). The Kier molecular flexibility index (Phi) is 6.56. The highest BCUT2D eigenvalue weighted by atomic mass is 16.5. The molecule has 0 aliphatic carbocycles. The molecule has 2 heterocycles. The number of fused-ring (bicyclic) bond motifs is 1. The third kappa shape index (κ3) is 5.28. The number of nitrogens with one attached hydrogen (secondary N) is 1. The van der Waals surface area contributed by atoms with Crippen LogP contribution in [-0.2, 0) is 9.53 Å². The molecule has 6 heteroatoms. The molecule has 0 spiro atoms. The van der Waals surface area contributed by atoms with Crippen molar-refractivity contribution in [2.45, 2.75) is 26.9 Å². The summed E-state index contributed by atoms with van der Waals surface area (Å²) < 4.78 is 11.7. The first-order valence-corrected chi connectivity index (χ1v) is 12.0. The van der Waals surface area contributed by atoms with Crippen molar-refractivity contribution in [2.75, 3.05) is 5.32 Å². The van der Waals surface area contributed by atoms with Gasteiger partial charge in [0, 0.05) is 16.6 Å². The van der Waals surface area contributed by atoms with Crippen LogP contribution < -0.4 is 5.32 Å². The van der Waals surface area contributed by atoms with Gasteiger partial charge in [0.1, 0.15) is 11.5 Å². The lowest BCUT2D eigenvalue weighted by atomic mass is 10.1. The van der Waals surface area contributed by atoms with Crippen molar-refractivity contribution in [1.29, 1.82) is 0 Å². The predicted molar refractivity (Wildman–Crippen MR) is 143 cm³/mol.